The fourth-order valence-electron chi connectivity index (χ4n) is 1.10. The highest BCUT2D eigenvalue weighted by molar-refractivity contribution is 6.31. The van der Waals surface area contributed by atoms with Crippen LogP contribution in [0.5, 0.6) is 0 Å². The van der Waals surface area contributed by atoms with E-state index < -0.39 is 0 Å². The third-order valence-electron chi connectivity index (χ3n) is 1.82. The minimum atomic E-state index is 0.354. The second-order valence-corrected chi connectivity index (χ2v) is 3.09. The summed E-state index contributed by atoms with van der Waals surface area (Å²) in [6.45, 7) is 2.40. The smallest absolute Gasteiger partial charge is 0.211 e. The highest BCUT2D eigenvalue weighted by Crippen LogP contribution is 2.18. The van der Waals surface area contributed by atoms with Crippen molar-refractivity contribution >= 4 is 17.7 Å². The molecule has 0 aromatic heterocycles. The minimum absolute atomic E-state index is 0.354. The van der Waals surface area contributed by atoms with Crippen LogP contribution in [0.4, 0.5) is 0 Å². The van der Waals surface area contributed by atoms with E-state index in [9.17, 15) is 4.79 Å². The Morgan fingerprint density at radius 1 is 1.54 bits per heavy atom. The molecule has 68 valence electrons. The lowest BCUT2D eigenvalue weighted by atomic mass is 10.1. The molecule has 0 atom stereocenters. The number of isocyanates is 1. The SMILES string of the molecule is CCc1ccc(CN=C=O)cc1Cl. The summed E-state index contributed by atoms with van der Waals surface area (Å²) in [5.74, 6) is 0. The zero-order valence-corrected chi connectivity index (χ0v) is 8.14. The Hall–Kier alpha value is -1.11. The number of rotatable bonds is 3. The molecule has 0 spiro atoms. The van der Waals surface area contributed by atoms with Crippen molar-refractivity contribution in [1.29, 1.82) is 0 Å². The highest BCUT2D eigenvalue weighted by atomic mass is 35.5. The molecule has 0 aliphatic rings. The summed E-state index contributed by atoms with van der Waals surface area (Å²) in [7, 11) is 0. The molecular weight excluding hydrogens is 186 g/mol. The first-order valence-corrected chi connectivity index (χ1v) is 4.46. The van der Waals surface area contributed by atoms with Crippen LogP contribution < -0.4 is 0 Å². The third-order valence-corrected chi connectivity index (χ3v) is 2.18. The van der Waals surface area contributed by atoms with E-state index in [1.807, 2.05) is 25.1 Å². The number of aryl methyl sites for hydroxylation is 1. The lowest BCUT2D eigenvalue weighted by molar-refractivity contribution is 0.563. The van der Waals surface area contributed by atoms with Crippen LogP contribution in [-0.4, -0.2) is 6.08 Å². The Bertz CT molecular complexity index is 343. The van der Waals surface area contributed by atoms with Crippen molar-refractivity contribution in [2.24, 2.45) is 4.99 Å². The molecule has 1 rings (SSSR count). The first-order chi connectivity index (χ1) is 6.27. The first kappa shape index (κ1) is 9.97. The average molecular weight is 196 g/mol. The molecule has 1 aromatic carbocycles. The molecule has 0 unspecified atom stereocenters. The van der Waals surface area contributed by atoms with Gasteiger partial charge in [0.2, 0.25) is 6.08 Å². The molecule has 0 bridgehead atoms. The number of hydrogen-bond acceptors (Lipinski definition) is 2. The summed E-state index contributed by atoms with van der Waals surface area (Å²) in [4.78, 5) is 13.3. The van der Waals surface area contributed by atoms with Crippen LogP contribution in [0.15, 0.2) is 23.2 Å². The second-order valence-electron chi connectivity index (χ2n) is 2.69. The van der Waals surface area contributed by atoms with E-state index in [1.165, 1.54) is 6.08 Å². The number of carbonyl (C=O) groups excluding carboxylic acids is 1. The largest absolute Gasteiger partial charge is 0.235 e. The van der Waals surface area contributed by atoms with E-state index in [1.54, 1.807) is 0 Å². The van der Waals surface area contributed by atoms with E-state index in [4.69, 9.17) is 11.6 Å². The maximum atomic E-state index is 9.86. The molecule has 0 aliphatic heterocycles. The van der Waals surface area contributed by atoms with Gasteiger partial charge in [0.25, 0.3) is 0 Å². The molecular formula is C10H10ClNO. The van der Waals surface area contributed by atoms with Crippen LogP contribution >= 0.6 is 11.6 Å². The number of aliphatic imine (C=N–C) groups is 1. The zero-order chi connectivity index (χ0) is 9.68. The van der Waals surface area contributed by atoms with Gasteiger partial charge in [0.1, 0.15) is 0 Å². The lowest BCUT2D eigenvalue weighted by Gasteiger charge is -2.02. The van der Waals surface area contributed by atoms with Gasteiger partial charge in [0, 0.05) is 5.02 Å². The van der Waals surface area contributed by atoms with Crippen LogP contribution in [0.3, 0.4) is 0 Å². The highest BCUT2D eigenvalue weighted by Gasteiger charge is 1.98. The van der Waals surface area contributed by atoms with Crippen molar-refractivity contribution in [3.63, 3.8) is 0 Å². The number of halogens is 1. The summed E-state index contributed by atoms with van der Waals surface area (Å²) in [5.41, 5.74) is 2.05. The minimum Gasteiger partial charge on any atom is -0.211 e. The Labute approximate surface area is 82.3 Å². The standard InChI is InChI=1S/C10H10ClNO/c1-2-9-4-3-8(5-10(9)11)6-12-7-13/h3-5H,2,6H2,1H3. The Kier molecular flexibility index (Phi) is 3.69. The first-order valence-electron chi connectivity index (χ1n) is 4.09. The van der Waals surface area contributed by atoms with E-state index in [-0.39, 0.29) is 0 Å². The van der Waals surface area contributed by atoms with Crippen molar-refractivity contribution in [2.45, 2.75) is 19.9 Å². The normalized spacial score (nSPS) is 9.38. The Balaban J connectivity index is 2.88. The lowest BCUT2D eigenvalue weighted by Crippen LogP contribution is -1.86. The van der Waals surface area contributed by atoms with Crippen LogP contribution in [0.25, 0.3) is 0 Å². The predicted octanol–water partition coefficient (Wildman–Crippen LogP) is 2.74. The fraction of sp³-hybridized carbons (Fsp3) is 0.300. The van der Waals surface area contributed by atoms with Crippen LogP contribution in [0.1, 0.15) is 18.1 Å². The van der Waals surface area contributed by atoms with Gasteiger partial charge >= 0.3 is 0 Å². The molecule has 13 heavy (non-hydrogen) atoms. The summed E-state index contributed by atoms with van der Waals surface area (Å²) in [6.07, 6.45) is 2.41. The molecule has 0 saturated carbocycles. The summed E-state index contributed by atoms with van der Waals surface area (Å²) < 4.78 is 0. The summed E-state index contributed by atoms with van der Waals surface area (Å²) in [6, 6.07) is 5.71. The monoisotopic (exact) mass is 195 g/mol. The number of nitrogens with zero attached hydrogens (tertiary/aromatic N) is 1. The fourth-order valence-corrected chi connectivity index (χ4v) is 1.44. The predicted molar refractivity (Wildman–Crippen MR) is 52.7 cm³/mol. The van der Waals surface area contributed by atoms with E-state index >= 15 is 0 Å². The van der Waals surface area contributed by atoms with Gasteiger partial charge in [0.05, 0.1) is 6.54 Å². The molecule has 3 heteroatoms. The van der Waals surface area contributed by atoms with Gasteiger partial charge in [-0.1, -0.05) is 30.7 Å². The van der Waals surface area contributed by atoms with E-state index in [2.05, 4.69) is 4.99 Å². The van der Waals surface area contributed by atoms with Gasteiger partial charge < -0.3 is 0 Å². The van der Waals surface area contributed by atoms with Gasteiger partial charge in [-0.3, -0.25) is 0 Å². The van der Waals surface area contributed by atoms with Gasteiger partial charge in [-0.2, -0.15) is 0 Å². The molecule has 0 N–H and O–H groups in total. The molecule has 1 aromatic rings. The summed E-state index contributed by atoms with van der Waals surface area (Å²) in [5, 5.41) is 0.737. The molecule has 0 heterocycles. The molecule has 0 radical (unpaired) electrons. The van der Waals surface area contributed by atoms with E-state index in [0.29, 0.717) is 6.54 Å². The van der Waals surface area contributed by atoms with Crippen molar-refractivity contribution in [3.8, 4) is 0 Å². The zero-order valence-electron chi connectivity index (χ0n) is 7.38. The Morgan fingerprint density at radius 3 is 2.85 bits per heavy atom. The van der Waals surface area contributed by atoms with Crippen LogP contribution in [0, 0.1) is 0 Å². The van der Waals surface area contributed by atoms with Crippen molar-refractivity contribution in [3.05, 3.63) is 34.3 Å². The average Bonchev–Trinajstić information content (AvgIpc) is 2.15. The van der Waals surface area contributed by atoms with Gasteiger partial charge in [0.15, 0.2) is 0 Å². The van der Waals surface area contributed by atoms with Crippen LogP contribution in [-0.2, 0) is 17.8 Å². The maximum absolute atomic E-state index is 9.86. The Morgan fingerprint density at radius 2 is 2.31 bits per heavy atom. The van der Waals surface area contributed by atoms with Crippen LogP contribution in [0.2, 0.25) is 5.02 Å². The number of benzene rings is 1. The molecule has 0 saturated heterocycles. The maximum Gasteiger partial charge on any atom is 0.235 e. The second kappa shape index (κ2) is 4.80. The summed E-state index contributed by atoms with van der Waals surface area (Å²) >= 11 is 5.97. The van der Waals surface area contributed by atoms with Crippen molar-refractivity contribution in [2.75, 3.05) is 0 Å². The van der Waals surface area contributed by atoms with Gasteiger partial charge in [-0.25, -0.2) is 9.79 Å². The topological polar surface area (TPSA) is 29.4 Å². The quantitative estimate of drug-likeness (QED) is 0.539. The van der Waals surface area contributed by atoms with Crippen molar-refractivity contribution < 1.29 is 4.79 Å². The molecule has 0 aliphatic carbocycles. The van der Waals surface area contributed by atoms with E-state index in [0.717, 1.165) is 22.6 Å². The molecule has 0 fully saturated rings. The van der Waals surface area contributed by atoms with Gasteiger partial charge in [-0.05, 0) is 23.6 Å². The van der Waals surface area contributed by atoms with Gasteiger partial charge in [-0.15, -0.1) is 0 Å². The number of hydrogen-bond donors (Lipinski definition) is 0. The third kappa shape index (κ3) is 2.69. The molecule has 2 nitrogen and oxygen atoms in total. The molecule has 0 amide bonds. The van der Waals surface area contributed by atoms with Crippen molar-refractivity contribution in [1.82, 2.24) is 0 Å².